The van der Waals surface area contributed by atoms with Gasteiger partial charge in [0.15, 0.2) is 10.2 Å². The zero-order chi connectivity index (χ0) is 25.3. The van der Waals surface area contributed by atoms with Crippen LogP contribution in [0.4, 0.5) is 22.7 Å². The van der Waals surface area contributed by atoms with E-state index in [0.29, 0.717) is 10.2 Å². The topological polar surface area (TPSA) is 48.1 Å². The van der Waals surface area contributed by atoms with Crippen LogP contribution in [0.15, 0.2) is 107 Å². The Balaban J connectivity index is 1.39. The molecule has 4 rings (SSSR count). The highest BCUT2D eigenvalue weighted by atomic mass is 33.1. The molecule has 8 heteroatoms. The average Bonchev–Trinajstić information content (AvgIpc) is 2.84. The summed E-state index contributed by atoms with van der Waals surface area (Å²) in [6, 6.07) is 32.5. The summed E-state index contributed by atoms with van der Waals surface area (Å²) >= 11 is 11.1. The normalized spacial score (nSPS) is 10.4. The van der Waals surface area contributed by atoms with Crippen LogP contribution in [0.1, 0.15) is 11.1 Å². The van der Waals surface area contributed by atoms with E-state index in [1.807, 2.05) is 60.7 Å². The van der Waals surface area contributed by atoms with Gasteiger partial charge < -0.3 is 21.3 Å². The van der Waals surface area contributed by atoms with E-state index < -0.39 is 0 Å². The van der Waals surface area contributed by atoms with Crippen LogP contribution in [0.3, 0.4) is 0 Å². The van der Waals surface area contributed by atoms with Gasteiger partial charge in [0, 0.05) is 21.2 Å². The smallest absolute Gasteiger partial charge is 0.175 e. The largest absolute Gasteiger partial charge is 0.332 e. The third-order valence-electron chi connectivity index (χ3n) is 5.04. The minimum Gasteiger partial charge on any atom is -0.332 e. The van der Waals surface area contributed by atoms with Gasteiger partial charge in [-0.05, 0) is 97.9 Å². The molecule has 0 aliphatic rings. The third-order valence-corrected chi connectivity index (χ3v) is 7.93. The molecular formula is C28H26N4S4. The van der Waals surface area contributed by atoms with Crippen molar-refractivity contribution in [3.05, 3.63) is 108 Å². The zero-order valence-electron chi connectivity index (χ0n) is 19.9. The lowest BCUT2D eigenvalue weighted by atomic mass is 10.2. The number of anilines is 4. The molecule has 0 radical (unpaired) electrons. The van der Waals surface area contributed by atoms with Crippen molar-refractivity contribution in [2.75, 3.05) is 21.3 Å². The van der Waals surface area contributed by atoms with Crippen LogP contribution in [0.25, 0.3) is 0 Å². The maximum atomic E-state index is 5.56. The maximum absolute atomic E-state index is 5.56. The van der Waals surface area contributed by atoms with Crippen molar-refractivity contribution in [3.8, 4) is 0 Å². The number of thiocarbonyl (C=S) groups is 2. The Kier molecular flexibility index (Phi) is 9.24. The molecule has 0 saturated carbocycles. The first-order chi connectivity index (χ1) is 17.5. The monoisotopic (exact) mass is 546 g/mol. The van der Waals surface area contributed by atoms with E-state index in [2.05, 4.69) is 71.5 Å². The van der Waals surface area contributed by atoms with E-state index in [4.69, 9.17) is 24.4 Å². The molecule has 0 unspecified atom stereocenters. The number of nitrogens with one attached hydrogen (secondary N) is 4. The van der Waals surface area contributed by atoms with Crippen molar-refractivity contribution in [2.24, 2.45) is 0 Å². The van der Waals surface area contributed by atoms with E-state index in [0.717, 1.165) is 32.5 Å². The molecule has 0 aliphatic heterocycles. The summed E-state index contributed by atoms with van der Waals surface area (Å²) in [6.45, 7) is 4.12. The fourth-order valence-corrected chi connectivity index (χ4v) is 6.12. The third kappa shape index (κ3) is 7.73. The lowest BCUT2D eigenvalue weighted by Gasteiger charge is -2.16. The Labute approximate surface area is 231 Å². The Hall–Kier alpha value is -3.04. The fraction of sp³-hybridized carbons (Fsp3) is 0.0714. The molecule has 4 N–H and O–H groups in total. The standard InChI is InChI=1S/C28H26N4S4/c1-19-9-7-11-21(17-19)29-27(33)31-23-13-3-5-15-25(23)35-36-26-16-6-4-14-24(26)32-28(34)30-22-12-8-10-20(2)18-22/h3-18H,1-2H3,(H2,29,31,33)(H2,30,32,34). The summed E-state index contributed by atoms with van der Waals surface area (Å²) in [5, 5.41) is 14.3. The number of benzene rings is 4. The highest BCUT2D eigenvalue weighted by molar-refractivity contribution is 8.76. The van der Waals surface area contributed by atoms with Gasteiger partial charge in [0.05, 0.1) is 11.4 Å². The van der Waals surface area contributed by atoms with E-state index in [1.54, 1.807) is 21.6 Å². The molecule has 0 spiro atoms. The molecule has 0 heterocycles. The Morgan fingerprint density at radius 2 is 0.944 bits per heavy atom. The van der Waals surface area contributed by atoms with Gasteiger partial charge in [0.2, 0.25) is 0 Å². The SMILES string of the molecule is Cc1cccc(NC(=S)Nc2ccccc2SSc2ccccc2NC(=S)Nc2cccc(C)c2)c1. The number of hydrogen-bond donors (Lipinski definition) is 4. The van der Waals surface area contributed by atoms with Gasteiger partial charge in [-0.25, -0.2) is 0 Å². The Morgan fingerprint density at radius 3 is 1.36 bits per heavy atom. The first kappa shape index (κ1) is 26.0. The quantitative estimate of drug-likeness (QED) is 0.136. The first-order valence-corrected chi connectivity index (χ1v) is 14.2. The number of rotatable bonds is 7. The van der Waals surface area contributed by atoms with Gasteiger partial charge in [-0.1, -0.05) is 70.1 Å². The summed E-state index contributed by atoms with van der Waals surface area (Å²) in [5.74, 6) is 0. The molecule has 0 aromatic heterocycles. The van der Waals surface area contributed by atoms with Crippen molar-refractivity contribution in [3.63, 3.8) is 0 Å². The minimum atomic E-state index is 0.549. The van der Waals surface area contributed by atoms with Crippen LogP contribution in [0, 0.1) is 13.8 Å². The highest BCUT2D eigenvalue weighted by Gasteiger charge is 2.10. The molecule has 0 saturated heterocycles. The summed E-state index contributed by atoms with van der Waals surface area (Å²) in [7, 11) is 3.32. The van der Waals surface area contributed by atoms with Gasteiger partial charge in [0.1, 0.15) is 0 Å². The fourth-order valence-electron chi connectivity index (χ4n) is 3.39. The second-order valence-corrected chi connectivity index (χ2v) is 11.1. The van der Waals surface area contributed by atoms with Crippen molar-refractivity contribution < 1.29 is 0 Å². The Bertz CT molecular complexity index is 1270. The van der Waals surface area contributed by atoms with E-state index in [1.165, 1.54) is 11.1 Å². The number of aryl methyl sites for hydroxylation is 2. The summed E-state index contributed by atoms with van der Waals surface area (Å²) < 4.78 is 0. The minimum absolute atomic E-state index is 0.549. The molecule has 4 aromatic carbocycles. The molecule has 0 atom stereocenters. The second kappa shape index (κ2) is 12.8. The number of para-hydroxylation sites is 2. The van der Waals surface area contributed by atoms with Gasteiger partial charge in [-0.2, -0.15) is 0 Å². The molecule has 0 bridgehead atoms. The summed E-state index contributed by atoms with van der Waals surface area (Å²) in [5.41, 5.74) is 6.17. The molecule has 4 nitrogen and oxygen atoms in total. The predicted molar refractivity (Wildman–Crippen MR) is 167 cm³/mol. The second-order valence-electron chi connectivity index (χ2n) is 8.06. The average molecular weight is 547 g/mol. The van der Waals surface area contributed by atoms with E-state index >= 15 is 0 Å². The molecule has 182 valence electrons. The maximum Gasteiger partial charge on any atom is 0.175 e. The van der Waals surface area contributed by atoms with Crippen molar-refractivity contribution in [2.45, 2.75) is 23.6 Å². The summed E-state index contributed by atoms with van der Waals surface area (Å²) in [4.78, 5) is 2.15. The van der Waals surface area contributed by atoms with Crippen LogP contribution < -0.4 is 21.3 Å². The summed E-state index contributed by atoms with van der Waals surface area (Å²) in [6.07, 6.45) is 0. The lowest BCUT2D eigenvalue weighted by Crippen LogP contribution is -2.19. The van der Waals surface area contributed by atoms with Crippen LogP contribution >= 0.6 is 46.0 Å². The predicted octanol–water partition coefficient (Wildman–Crippen LogP) is 8.72. The van der Waals surface area contributed by atoms with Crippen LogP contribution in [0.2, 0.25) is 0 Å². The zero-order valence-corrected chi connectivity index (χ0v) is 23.1. The van der Waals surface area contributed by atoms with Crippen molar-refractivity contribution in [1.82, 2.24) is 0 Å². The molecular weight excluding hydrogens is 521 g/mol. The van der Waals surface area contributed by atoms with E-state index in [9.17, 15) is 0 Å². The highest BCUT2D eigenvalue weighted by Crippen LogP contribution is 2.43. The number of hydrogen-bond acceptors (Lipinski definition) is 4. The van der Waals surface area contributed by atoms with Gasteiger partial charge >= 0.3 is 0 Å². The molecule has 0 aliphatic carbocycles. The van der Waals surface area contributed by atoms with Gasteiger partial charge in [-0.3, -0.25) is 0 Å². The van der Waals surface area contributed by atoms with Crippen molar-refractivity contribution >= 4 is 79.0 Å². The molecule has 4 aromatic rings. The van der Waals surface area contributed by atoms with E-state index in [-0.39, 0.29) is 0 Å². The lowest BCUT2D eigenvalue weighted by molar-refractivity contribution is 1.43. The molecule has 0 amide bonds. The van der Waals surface area contributed by atoms with Crippen LogP contribution in [0.5, 0.6) is 0 Å². The molecule has 36 heavy (non-hydrogen) atoms. The van der Waals surface area contributed by atoms with Crippen LogP contribution in [-0.2, 0) is 0 Å². The Morgan fingerprint density at radius 1 is 0.528 bits per heavy atom. The van der Waals surface area contributed by atoms with Gasteiger partial charge in [-0.15, -0.1) is 0 Å². The molecule has 0 fully saturated rings. The van der Waals surface area contributed by atoms with Crippen molar-refractivity contribution in [1.29, 1.82) is 0 Å². The first-order valence-electron chi connectivity index (χ1n) is 11.3. The van der Waals surface area contributed by atoms with Crippen LogP contribution in [-0.4, -0.2) is 10.2 Å². The van der Waals surface area contributed by atoms with Gasteiger partial charge in [0.25, 0.3) is 0 Å².